The summed E-state index contributed by atoms with van der Waals surface area (Å²) in [5.41, 5.74) is 5.02. The average Bonchev–Trinajstić information content (AvgIpc) is 3.69. The molecule has 3 aliphatic rings. The summed E-state index contributed by atoms with van der Waals surface area (Å²) in [7, 11) is -2.88. The highest BCUT2D eigenvalue weighted by molar-refractivity contribution is 7.85. The first-order chi connectivity index (χ1) is 34.9. The van der Waals surface area contributed by atoms with Crippen LogP contribution in [0.15, 0.2) is 77.2 Å². The van der Waals surface area contributed by atoms with Crippen LogP contribution in [0.3, 0.4) is 0 Å². The summed E-state index contributed by atoms with van der Waals surface area (Å²) in [6, 6.07) is 20.8. The van der Waals surface area contributed by atoms with Crippen LogP contribution in [-0.4, -0.2) is 163 Å². The summed E-state index contributed by atoms with van der Waals surface area (Å²) >= 11 is 0. The topological polar surface area (TPSA) is 248 Å². The lowest BCUT2D eigenvalue weighted by Gasteiger charge is -2.35. The van der Waals surface area contributed by atoms with Crippen molar-refractivity contribution in [2.75, 3.05) is 89.7 Å². The van der Waals surface area contributed by atoms with Gasteiger partial charge in [0.2, 0.25) is 34.8 Å². The van der Waals surface area contributed by atoms with E-state index in [1.165, 1.54) is 12.1 Å². The molecule has 20 nitrogen and oxygen atoms in total. The summed E-state index contributed by atoms with van der Waals surface area (Å²) in [5, 5.41) is 26.1. The summed E-state index contributed by atoms with van der Waals surface area (Å²) in [5.74, 6) is -3.88. The van der Waals surface area contributed by atoms with Gasteiger partial charge in [-0.05, 0) is 90.0 Å². The Labute approximate surface area is 425 Å². The molecule has 5 N–H and O–H groups in total. The maximum absolute atomic E-state index is 14.1. The van der Waals surface area contributed by atoms with Crippen molar-refractivity contribution in [1.29, 1.82) is 0 Å². The van der Waals surface area contributed by atoms with Crippen LogP contribution in [0.2, 0.25) is 0 Å². The average molecular weight is 1030 g/mol. The molecule has 6 rings (SSSR count). The normalized spacial score (nSPS) is 13.3. The Morgan fingerprint density at radius 3 is 2.18 bits per heavy atom. The van der Waals surface area contributed by atoms with Crippen molar-refractivity contribution in [2.24, 2.45) is 0 Å². The molecule has 0 bridgehead atoms. The van der Waals surface area contributed by atoms with E-state index >= 15 is 0 Å². The Balaban J connectivity index is 0.992. The number of amides is 4. The smallest absolute Gasteiger partial charge is 0.333 e. The van der Waals surface area contributed by atoms with E-state index in [0.29, 0.717) is 42.6 Å². The molecule has 1 aliphatic carbocycles. The van der Waals surface area contributed by atoms with Gasteiger partial charge in [-0.3, -0.25) is 23.7 Å². The van der Waals surface area contributed by atoms with Crippen LogP contribution in [0.25, 0.3) is 33.4 Å². The van der Waals surface area contributed by atoms with Crippen molar-refractivity contribution in [3.63, 3.8) is 0 Å². The summed E-state index contributed by atoms with van der Waals surface area (Å²) < 4.78 is 42.7. The third kappa shape index (κ3) is 14.8. The van der Waals surface area contributed by atoms with E-state index in [2.05, 4.69) is 84.2 Å². The number of aromatic hydroxyl groups is 2. The number of aromatic nitrogens is 1. The Morgan fingerprint density at radius 2 is 1.51 bits per heavy atom. The number of carbonyl (C=O) groups excluding carboxylic acids is 5. The molecule has 394 valence electrons. The van der Waals surface area contributed by atoms with E-state index in [0.717, 1.165) is 70.6 Å². The summed E-state index contributed by atoms with van der Waals surface area (Å²) in [6.07, 6.45) is 1.33. The number of likely N-dealkylation sites (N-methyl/N-ethyl adjacent to an activating group) is 1. The largest absolute Gasteiger partial charge is 0.492 e. The van der Waals surface area contributed by atoms with Gasteiger partial charge in [0, 0.05) is 124 Å². The lowest BCUT2D eigenvalue weighted by Crippen LogP contribution is -2.52. The Bertz CT molecular complexity index is 2880. The molecule has 2 aliphatic heterocycles. The van der Waals surface area contributed by atoms with Crippen LogP contribution in [0.4, 0.5) is 5.69 Å². The second kappa shape index (κ2) is 25.6. The number of benzene rings is 3. The standard InChI is InChI=1S/C52H68N8O12S/c1-6-56(7-2)38-17-19-40-43(33-38)71-44-34-39(57(8-3)9-4)18-20-41(44)50(40)36-14-13-15-37(32-36)52(67)59-30-28-58(29-31-59)46(62)22-21-45(61)54-42(35-73(68,69)70)51(66)53-25-27-55(5)26-12-10-11-16-49(65)72-60-47(63)23-24-48(60)64/h13-15,17-20,23-24,32-34,42H,6-12,16,21-22,25-31,35H2,1-5H3,(H4-,53,54,61,63,64,66,68,69,70)/p+1. The molecular weight excluding hydrogens is 961 g/mol. The summed E-state index contributed by atoms with van der Waals surface area (Å²) in [6.45, 7) is 13.9. The van der Waals surface area contributed by atoms with Gasteiger partial charge in [0.25, 0.3) is 16.0 Å². The van der Waals surface area contributed by atoms with Crippen molar-refractivity contribution < 1.29 is 56.4 Å². The highest BCUT2D eigenvalue weighted by Crippen LogP contribution is 2.41. The molecule has 4 amide bonds. The second-order valence-electron chi connectivity index (χ2n) is 18.0. The maximum atomic E-state index is 14.1. The van der Waals surface area contributed by atoms with Gasteiger partial charge >= 0.3 is 5.97 Å². The van der Waals surface area contributed by atoms with Crippen LogP contribution in [0, 0.1) is 0 Å². The number of piperazine rings is 1. The quantitative estimate of drug-likeness (QED) is 0.0256. The SMILES string of the molecule is CCN(CC)c1ccc2c(-c3cccc(C(=O)N4CCN(C(=O)CCC(=O)NC(CS(=O)(=O)O)C(=O)NCCN(C)CCCCCC(=O)On5c(O)ccc5O)CC4)c3)c3ccc(=[N+](CC)CC)cc-3oc2c1. The highest BCUT2D eigenvalue weighted by atomic mass is 32.2. The fourth-order valence-corrected chi connectivity index (χ4v) is 9.67. The molecule has 3 heterocycles. The predicted octanol–water partition coefficient (Wildman–Crippen LogP) is 3.78. The van der Waals surface area contributed by atoms with Gasteiger partial charge in [-0.1, -0.05) is 18.6 Å². The van der Waals surface area contributed by atoms with E-state index in [1.54, 1.807) is 22.9 Å². The molecule has 1 unspecified atom stereocenters. The van der Waals surface area contributed by atoms with Gasteiger partial charge in [-0.15, -0.1) is 4.73 Å². The lowest BCUT2D eigenvalue weighted by molar-refractivity contribution is -0.145. The van der Waals surface area contributed by atoms with E-state index in [4.69, 9.17) is 9.25 Å². The molecule has 1 fully saturated rings. The molecular formula is C52H69N8O12S+. The molecule has 21 heteroatoms. The lowest BCUT2D eigenvalue weighted by atomic mass is 9.92. The molecule has 0 saturated carbocycles. The zero-order chi connectivity index (χ0) is 52.8. The monoisotopic (exact) mass is 1030 g/mol. The van der Waals surface area contributed by atoms with E-state index in [9.17, 15) is 47.2 Å². The van der Waals surface area contributed by atoms with Gasteiger partial charge in [0.05, 0.1) is 6.07 Å². The fraction of sp³-hybridized carbons (Fsp3) is 0.462. The molecule has 3 aromatic rings. The van der Waals surface area contributed by atoms with Gasteiger partial charge in [-0.2, -0.15) is 8.42 Å². The number of hydrogen-bond donors (Lipinski definition) is 5. The van der Waals surface area contributed by atoms with Gasteiger partial charge < -0.3 is 49.7 Å². The minimum atomic E-state index is -4.68. The fourth-order valence-electron chi connectivity index (χ4n) is 9.01. The predicted molar refractivity (Wildman–Crippen MR) is 277 cm³/mol. The van der Waals surface area contributed by atoms with Crippen molar-refractivity contribution in [2.45, 2.75) is 72.3 Å². The molecule has 0 spiro atoms. The Hall–Kier alpha value is -6.97. The van der Waals surface area contributed by atoms with Crippen molar-refractivity contribution in [3.05, 3.63) is 83.7 Å². The van der Waals surface area contributed by atoms with Crippen LogP contribution in [-0.2, 0) is 29.3 Å². The number of anilines is 1. The first-order valence-corrected chi connectivity index (χ1v) is 26.6. The van der Waals surface area contributed by atoms with Gasteiger partial charge in [0.15, 0.2) is 0 Å². The number of hydrogen-bond acceptors (Lipinski definition) is 13. The zero-order valence-electron chi connectivity index (χ0n) is 42.3. The van der Waals surface area contributed by atoms with Crippen molar-refractivity contribution in [1.82, 2.24) is 34.6 Å². The van der Waals surface area contributed by atoms with Crippen molar-refractivity contribution in [3.8, 4) is 34.2 Å². The number of nitrogens with one attached hydrogen (secondary N) is 2. The van der Waals surface area contributed by atoms with Gasteiger partial charge in [0.1, 0.15) is 36.2 Å². The molecule has 1 atom stereocenters. The number of rotatable bonds is 24. The van der Waals surface area contributed by atoms with E-state index in [-0.39, 0.29) is 63.8 Å². The number of unbranched alkanes of at least 4 members (excludes halogenated alkanes) is 2. The molecule has 1 aromatic heterocycles. The molecule has 1 saturated heterocycles. The summed E-state index contributed by atoms with van der Waals surface area (Å²) in [4.78, 5) is 77.8. The van der Waals surface area contributed by atoms with E-state index < -0.39 is 51.5 Å². The third-order valence-electron chi connectivity index (χ3n) is 13.1. The van der Waals surface area contributed by atoms with Crippen LogP contribution >= 0.6 is 0 Å². The van der Waals surface area contributed by atoms with Gasteiger partial charge in [-0.25, -0.2) is 9.37 Å². The minimum absolute atomic E-state index is 0.0591. The van der Waals surface area contributed by atoms with Crippen LogP contribution in [0.1, 0.15) is 76.6 Å². The van der Waals surface area contributed by atoms with Crippen molar-refractivity contribution >= 4 is 56.4 Å². The molecule has 0 radical (unpaired) electrons. The minimum Gasteiger partial charge on any atom is -0.492 e. The molecule has 2 aromatic carbocycles. The number of carbonyl (C=O) groups is 5. The first kappa shape index (κ1) is 55.3. The number of nitrogens with zero attached hydrogens (tertiary/aromatic N) is 6. The Kier molecular flexibility index (Phi) is 19.4. The third-order valence-corrected chi connectivity index (χ3v) is 13.8. The first-order valence-electron chi connectivity index (χ1n) is 25.0. The maximum Gasteiger partial charge on any atom is 0.333 e. The van der Waals surface area contributed by atoms with Crippen LogP contribution in [0.5, 0.6) is 11.8 Å². The molecule has 73 heavy (non-hydrogen) atoms. The second-order valence-corrected chi connectivity index (χ2v) is 19.5. The van der Waals surface area contributed by atoms with Crippen LogP contribution < -0.4 is 30.3 Å². The van der Waals surface area contributed by atoms with E-state index in [1.807, 2.05) is 23.1 Å². The number of fused-ring (bicyclic) bond motifs is 2. The Morgan fingerprint density at radius 1 is 0.808 bits per heavy atom. The highest BCUT2D eigenvalue weighted by Gasteiger charge is 2.29. The zero-order valence-corrected chi connectivity index (χ0v) is 43.2.